The molecule has 2 aromatic carbocycles. The lowest BCUT2D eigenvalue weighted by Crippen LogP contribution is -2.50. The summed E-state index contributed by atoms with van der Waals surface area (Å²) in [4.78, 5) is -0.0462. The highest BCUT2D eigenvalue weighted by Crippen LogP contribution is 2.32. The number of ether oxygens (including phenoxy) is 2. The van der Waals surface area contributed by atoms with Crippen LogP contribution in [0.1, 0.15) is 0 Å². The summed E-state index contributed by atoms with van der Waals surface area (Å²) < 4.78 is 64.9. The molecule has 0 N–H and O–H groups in total. The van der Waals surface area contributed by atoms with Crippen molar-refractivity contribution in [2.45, 2.75) is 9.79 Å². The van der Waals surface area contributed by atoms with E-state index in [-0.39, 0.29) is 47.5 Å². The van der Waals surface area contributed by atoms with Gasteiger partial charge in [0.15, 0.2) is 0 Å². The van der Waals surface area contributed by atoms with E-state index in [1.54, 1.807) is 0 Å². The first-order valence-corrected chi connectivity index (χ1v) is 12.4. The minimum absolute atomic E-state index is 0.0107. The van der Waals surface area contributed by atoms with Gasteiger partial charge in [-0.2, -0.15) is 8.61 Å². The molecule has 0 spiro atoms. The number of nitrogens with zero attached hydrogens (tertiary/aromatic N) is 2. The third-order valence-electron chi connectivity index (χ3n) is 4.68. The van der Waals surface area contributed by atoms with Crippen LogP contribution in [0.3, 0.4) is 0 Å². The molecule has 0 radical (unpaired) electrons. The molecule has 12 heteroatoms. The molecule has 0 aromatic heterocycles. The van der Waals surface area contributed by atoms with E-state index in [4.69, 9.17) is 32.7 Å². The first-order chi connectivity index (χ1) is 14.1. The summed E-state index contributed by atoms with van der Waals surface area (Å²) in [5, 5.41) is 0.692. The van der Waals surface area contributed by atoms with Crippen LogP contribution in [-0.4, -0.2) is 65.8 Å². The zero-order chi connectivity index (χ0) is 22.1. The van der Waals surface area contributed by atoms with Crippen molar-refractivity contribution < 1.29 is 26.3 Å². The fourth-order valence-corrected chi connectivity index (χ4v) is 6.58. The van der Waals surface area contributed by atoms with Gasteiger partial charge in [-0.05, 0) is 24.3 Å². The zero-order valence-electron chi connectivity index (χ0n) is 16.2. The molecule has 0 saturated carbocycles. The van der Waals surface area contributed by atoms with Gasteiger partial charge in [0.05, 0.1) is 14.2 Å². The maximum absolute atomic E-state index is 13.0. The van der Waals surface area contributed by atoms with Crippen molar-refractivity contribution in [1.29, 1.82) is 0 Å². The maximum atomic E-state index is 13.0. The molecule has 0 aliphatic carbocycles. The molecule has 0 bridgehead atoms. The van der Waals surface area contributed by atoms with Gasteiger partial charge < -0.3 is 9.47 Å². The maximum Gasteiger partial charge on any atom is 0.246 e. The third-order valence-corrected chi connectivity index (χ3v) is 9.03. The molecule has 1 aliphatic heterocycles. The van der Waals surface area contributed by atoms with Crippen LogP contribution in [0.2, 0.25) is 10.0 Å². The van der Waals surface area contributed by atoms with E-state index in [0.29, 0.717) is 10.0 Å². The third kappa shape index (κ3) is 4.39. The number of halogens is 2. The van der Waals surface area contributed by atoms with Crippen molar-refractivity contribution in [3.8, 4) is 11.5 Å². The lowest BCUT2D eigenvalue weighted by atomic mass is 10.3. The summed E-state index contributed by atoms with van der Waals surface area (Å²) >= 11 is 11.8. The Morgan fingerprint density at radius 3 is 1.33 bits per heavy atom. The topological polar surface area (TPSA) is 93.2 Å². The van der Waals surface area contributed by atoms with Gasteiger partial charge in [-0.25, -0.2) is 16.8 Å². The summed E-state index contributed by atoms with van der Waals surface area (Å²) in [6.07, 6.45) is 0. The van der Waals surface area contributed by atoms with Gasteiger partial charge in [-0.3, -0.25) is 0 Å². The molecule has 1 aliphatic rings. The zero-order valence-corrected chi connectivity index (χ0v) is 19.4. The SMILES string of the molecule is COc1cc(Cl)ccc1S(=O)(=O)N1CCN(S(=O)(=O)c2ccc(Cl)cc2OC)CC1. The summed E-state index contributed by atoms with van der Waals surface area (Å²) in [6, 6.07) is 8.51. The Balaban J connectivity index is 1.82. The second-order valence-electron chi connectivity index (χ2n) is 6.40. The van der Waals surface area contributed by atoms with Crippen molar-refractivity contribution in [3.05, 3.63) is 46.4 Å². The molecule has 1 heterocycles. The molecule has 8 nitrogen and oxygen atoms in total. The molecule has 2 aromatic rings. The predicted molar refractivity (Wildman–Crippen MR) is 114 cm³/mol. The Morgan fingerprint density at radius 1 is 0.700 bits per heavy atom. The highest BCUT2D eigenvalue weighted by atomic mass is 35.5. The smallest absolute Gasteiger partial charge is 0.246 e. The summed E-state index contributed by atoms with van der Waals surface area (Å²) in [6.45, 7) is -0.0427. The van der Waals surface area contributed by atoms with Crippen molar-refractivity contribution in [3.63, 3.8) is 0 Å². The van der Waals surface area contributed by atoms with Crippen molar-refractivity contribution in [1.82, 2.24) is 8.61 Å². The van der Waals surface area contributed by atoms with Gasteiger partial charge in [0.25, 0.3) is 0 Å². The van der Waals surface area contributed by atoms with E-state index in [0.717, 1.165) is 0 Å². The van der Waals surface area contributed by atoms with E-state index >= 15 is 0 Å². The van der Waals surface area contributed by atoms with Crippen LogP contribution in [0.25, 0.3) is 0 Å². The number of sulfonamides is 2. The number of hydrogen-bond donors (Lipinski definition) is 0. The van der Waals surface area contributed by atoms with Crippen molar-refractivity contribution >= 4 is 43.2 Å². The largest absolute Gasteiger partial charge is 0.495 e. The normalized spacial score (nSPS) is 16.4. The number of piperazine rings is 1. The van der Waals surface area contributed by atoms with Crippen LogP contribution in [0, 0.1) is 0 Å². The Kier molecular flexibility index (Phi) is 6.85. The minimum atomic E-state index is -3.89. The van der Waals surface area contributed by atoms with Crippen molar-refractivity contribution in [2.24, 2.45) is 0 Å². The average molecular weight is 495 g/mol. The lowest BCUT2D eigenvalue weighted by Gasteiger charge is -2.33. The molecule has 1 fully saturated rings. The standard InChI is InChI=1S/C18H20Cl2N2O6S2/c1-27-15-11-13(19)3-5-17(15)29(23,24)21-7-9-22(10-8-21)30(25,26)18-6-4-14(20)12-16(18)28-2/h3-6,11-12H,7-10H2,1-2H3. The van der Waals surface area contributed by atoms with E-state index in [2.05, 4.69) is 0 Å². The van der Waals surface area contributed by atoms with E-state index in [9.17, 15) is 16.8 Å². The fourth-order valence-electron chi connectivity index (χ4n) is 3.14. The van der Waals surface area contributed by atoms with E-state index < -0.39 is 20.0 Å². The number of methoxy groups -OCH3 is 2. The van der Waals surface area contributed by atoms with Gasteiger partial charge >= 0.3 is 0 Å². The van der Waals surface area contributed by atoms with Crippen molar-refractivity contribution in [2.75, 3.05) is 40.4 Å². The van der Waals surface area contributed by atoms with Gasteiger partial charge in [0, 0.05) is 48.4 Å². The number of rotatable bonds is 6. The summed E-state index contributed by atoms with van der Waals surface area (Å²) in [7, 11) is -5.06. The van der Waals surface area contributed by atoms with Crippen LogP contribution in [0.4, 0.5) is 0 Å². The fraction of sp³-hybridized carbons (Fsp3) is 0.333. The highest BCUT2D eigenvalue weighted by Gasteiger charge is 2.36. The van der Waals surface area contributed by atoms with Crippen LogP contribution in [0.5, 0.6) is 11.5 Å². The molecule has 0 unspecified atom stereocenters. The monoisotopic (exact) mass is 494 g/mol. The van der Waals surface area contributed by atoms with Gasteiger partial charge in [-0.1, -0.05) is 23.2 Å². The Labute approximate surface area is 186 Å². The highest BCUT2D eigenvalue weighted by molar-refractivity contribution is 7.89. The van der Waals surface area contributed by atoms with Gasteiger partial charge in [0.2, 0.25) is 20.0 Å². The summed E-state index contributed by atoms with van der Waals surface area (Å²) in [5.74, 6) is 0.256. The van der Waals surface area contributed by atoms with Crippen LogP contribution < -0.4 is 9.47 Å². The molecule has 164 valence electrons. The first-order valence-electron chi connectivity index (χ1n) is 8.78. The number of benzene rings is 2. The minimum Gasteiger partial charge on any atom is -0.495 e. The van der Waals surface area contributed by atoms with Gasteiger partial charge in [0.1, 0.15) is 21.3 Å². The molecular formula is C18H20Cl2N2O6S2. The molecule has 30 heavy (non-hydrogen) atoms. The predicted octanol–water partition coefficient (Wildman–Crippen LogP) is 2.71. The van der Waals surface area contributed by atoms with E-state index in [1.165, 1.54) is 59.2 Å². The average Bonchev–Trinajstić information content (AvgIpc) is 2.73. The summed E-state index contributed by atoms with van der Waals surface area (Å²) in [5.41, 5.74) is 0. The second kappa shape index (κ2) is 8.89. The lowest BCUT2D eigenvalue weighted by molar-refractivity contribution is 0.271. The van der Waals surface area contributed by atoms with Gasteiger partial charge in [-0.15, -0.1) is 0 Å². The number of hydrogen-bond acceptors (Lipinski definition) is 6. The Hall–Kier alpha value is -1.56. The molecule has 1 saturated heterocycles. The molecule has 3 rings (SSSR count). The second-order valence-corrected chi connectivity index (χ2v) is 11.1. The Morgan fingerprint density at radius 2 is 1.03 bits per heavy atom. The molecule has 0 amide bonds. The van der Waals surface area contributed by atoms with E-state index in [1.807, 2.05) is 0 Å². The van der Waals surface area contributed by atoms with Crippen LogP contribution in [-0.2, 0) is 20.0 Å². The van der Waals surface area contributed by atoms with Crippen LogP contribution in [0.15, 0.2) is 46.2 Å². The molecular weight excluding hydrogens is 475 g/mol. The quantitative estimate of drug-likeness (QED) is 0.612. The van der Waals surface area contributed by atoms with Crippen LogP contribution >= 0.6 is 23.2 Å². The first kappa shape index (κ1) is 23.1. The molecule has 0 atom stereocenters. The Bertz CT molecular complexity index is 1060.